The number of nitrogens with zero attached hydrogens (tertiary/aromatic N) is 2. The Morgan fingerprint density at radius 2 is 1.71 bits per heavy atom. The van der Waals surface area contributed by atoms with Crippen LogP contribution in [-0.4, -0.2) is 46.8 Å². The molecule has 1 aromatic heterocycles. The van der Waals surface area contributed by atoms with E-state index in [0.29, 0.717) is 11.3 Å². The molecule has 2 aliphatic heterocycles. The van der Waals surface area contributed by atoms with Crippen molar-refractivity contribution in [3.8, 4) is 28.0 Å². The molecule has 2 aromatic carbocycles. The Labute approximate surface area is 225 Å². The second kappa shape index (κ2) is 10.2. The van der Waals surface area contributed by atoms with Gasteiger partial charge in [0.2, 0.25) is 0 Å². The van der Waals surface area contributed by atoms with E-state index in [1.807, 2.05) is 40.7 Å². The fourth-order valence-electron chi connectivity index (χ4n) is 5.79. The van der Waals surface area contributed by atoms with Crippen LogP contribution >= 0.6 is 0 Å². The molecule has 2 aliphatic rings. The van der Waals surface area contributed by atoms with Gasteiger partial charge in [-0.1, -0.05) is 24.3 Å². The number of carboxylic acid groups (broad SMARTS) is 1. The number of hydrogen-bond acceptors (Lipinski definition) is 5. The molecule has 1 N–H and O–H groups in total. The van der Waals surface area contributed by atoms with Crippen molar-refractivity contribution in [2.24, 2.45) is 0 Å². The highest BCUT2D eigenvalue weighted by atomic mass is 16.5. The van der Waals surface area contributed by atoms with E-state index in [4.69, 9.17) is 14.5 Å². The Balaban J connectivity index is 1.79. The van der Waals surface area contributed by atoms with Crippen LogP contribution in [0.4, 0.5) is 0 Å². The molecule has 5 rings (SSSR count). The standard InChI is InChI=1S/C32H38N2O4/c1-19-27(23-9-10-25-18-34(6)14-13-21(25)16-23)29(24-11-12-26-22(17-24)8-7-15-37-26)28(20(2)33-19)30(31(35)36)38-32(3,4)5/h9-12,16-17,30H,7-8,13-15,18H2,1-6H3,(H,35,36). The van der Waals surface area contributed by atoms with E-state index >= 15 is 0 Å². The summed E-state index contributed by atoms with van der Waals surface area (Å²) in [4.78, 5) is 20.0. The van der Waals surface area contributed by atoms with E-state index in [2.05, 4.69) is 42.3 Å². The van der Waals surface area contributed by atoms with Gasteiger partial charge in [-0.25, -0.2) is 4.79 Å². The first-order valence-corrected chi connectivity index (χ1v) is 13.5. The maximum absolute atomic E-state index is 12.7. The number of aryl methyl sites for hydroxylation is 3. The summed E-state index contributed by atoms with van der Waals surface area (Å²) in [5.74, 6) is -0.111. The molecule has 3 heterocycles. The van der Waals surface area contributed by atoms with Crippen LogP contribution in [0, 0.1) is 13.8 Å². The van der Waals surface area contributed by atoms with E-state index in [0.717, 1.165) is 78.2 Å². The van der Waals surface area contributed by atoms with Crippen molar-refractivity contribution in [2.45, 2.75) is 72.1 Å². The molecule has 0 amide bonds. The number of carboxylic acids is 1. The minimum absolute atomic E-state index is 0.613. The lowest BCUT2D eigenvalue weighted by Crippen LogP contribution is -2.28. The average Bonchev–Trinajstić information content (AvgIpc) is 2.86. The Hall–Kier alpha value is -3.22. The summed E-state index contributed by atoms with van der Waals surface area (Å²) in [5, 5.41) is 10.4. The van der Waals surface area contributed by atoms with Gasteiger partial charge in [0.1, 0.15) is 5.75 Å². The minimum atomic E-state index is -1.16. The predicted octanol–water partition coefficient (Wildman–Crippen LogP) is 6.29. The number of aliphatic carboxylic acids is 1. The highest BCUT2D eigenvalue weighted by Crippen LogP contribution is 2.44. The van der Waals surface area contributed by atoms with Crippen molar-refractivity contribution < 1.29 is 19.4 Å². The fourth-order valence-corrected chi connectivity index (χ4v) is 5.79. The molecular weight excluding hydrogens is 476 g/mol. The van der Waals surface area contributed by atoms with Gasteiger partial charge in [-0.3, -0.25) is 4.98 Å². The smallest absolute Gasteiger partial charge is 0.337 e. The fraction of sp³-hybridized carbons (Fsp3) is 0.438. The average molecular weight is 515 g/mol. The van der Waals surface area contributed by atoms with Crippen LogP contribution in [0.3, 0.4) is 0 Å². The number of hydrogen-bond donors (Lipinski definition) is 1. The van der Waals surface area contributed by atoms with E-state index in [9.17, 15) is 9.90 Å². The molecule has 0 radical (unpaired) electrons. The van der Waals surface area contributed by atoms with Crippen LogP contribution < -0.4 is 4.74 Å². The van der Waals surface area contributed by atoms with Crippen LogP contribution in [0.25, 0.3) is 22.3 Å². The van der Waals surface area contributed by atoms with Gasteiger partial charge in [-0.05, 0) is 106 Å². The van der Waals surface area contributed by atoms with Gasteiger partial charge in [0.15, 0.2) is 6.10 Å². The SMILES string of the molecule is Cc1nc(C)c(C(OC(C)(C)C)C(=O)O)c(-c2ccc3c(c2)CCCO3)c1-c1ccc2c(c1)CCN(C)C2. The van der Waals surface area contributed by atoms with Crippen molar-refractivity contribution in [3.63, 3.8) is 0 Å². The monoisotopic (exact) mass is 514 g/mol. The van der Waals surface area contributed by atoms with E-state index in [-0.39, 0.29) is 0 Å². The number of benzene rings is 2. The quantitative estimate of drug-likeness (QED) is 0.432. The number of carbonyl (C=O) groups is 1. The lowest BCUT2D eigenvalue weighted by atomic mass is 9.84. The van der Waals surface area contributed by atoms with Crippen molar-refractivity contribution in [3.05, 3.63) is 70.0 Å². The van der Waals surface area contributed by atoms with E-state index in [1.165, 1.54) is 11.1 Å². The van der Waals surface area contributed by atoms with Crippen LogP contribution in [-0.2, 0) is 28.9 Å². The second-order valence-corrected chi connectivity index (χ2v) is 11.6. The van der Waals surface area contributed by atoms with Gasteiger partial charge in [0.25, 0.3) is 0 Å². The first-order chi connectivity index (χ1) is 18.0. The summed E-state index contributed by atoms with van der Waals surface area (Å²) < 4.78 is 12.1. The summed E-state index contributed by atoms with van der Waals surface area (Å²) in [7, 11) is 2.15. The van der Waals surface area contributed by atoms with Gasteiger partial charge in [-0.15, -0.1) is 0 Å². The maximum atomic E-state index is 12.7. The summed E-state index contributed by atoms with van der Waals surface area (Å²) >= 11 is 0. The molecule has 1 unspecified atom stereocenters. The molecule has 0 saturated carbocycles. The number of pyridine rings is 1. The highest BCUT2D eigenvalue weighted by molar-refractivity contribution is 5.91. The molecule has 0 fully saturated rings. The highest BCUT2D eigenvalue weighted by Gasteiger charge is 2.33. The third kappa shape index (κ3) is 5.20. The first-order valence-electron chi connectivity index (χ1n) is 13.5. The molecule has 0 aliphatic carbocycles. The summed E-state index contributed by atoms with van der Waals surface area (Å²) in [6.45, 7) is 12.2. The number of rotatable bonds is 5. The molecule has 1 atom stereocenters. The minimum Gasteiger partial charge on any atom is -0.493 e. The normalized spacial score (nSPS) is 16.4. The number of likely N-dealkylation sites (N-methyl/N-ethyl adjacent to an activating group) is 1. The van der Waals surface area contributed by atoms with E-state index < -0.39 is 17.7 Å². The zero-order valence-electron chi connectivity index (χ0n) is 23.4. The third-order valence-corrected chi connectivity index (χ3v) is 7.46. The van der Waals surface area contributed by atoms with Crippen LogP contribution in [0.5, 0.6) is 5.75 Å². The van der Waals surface area contributed by atoms with Gasteiger partial charge < -0.3 is 19.5 Å². The number of fused-ring (bicyclic) bond motifs is 2. The Morgan fingerprint density at radius 3 is 2.45 bits per heavy atom. The van der Waals surface area contributed by atoms with Crippen molar-refractivity contribution in [2.75, 3.05) is 20.2 Å². The summed E-state index contributed by atoms with van der Waals surface area (Å²) in [6, 6.07) is 12.9. The Kier molecular flexibility index (Phi) is 7.05. The molecular formula is C32H38N2O4. The molecule has 0 saturated heterocycles. The molecule has 3 aromatic rings. The Morgan fingerprint density at radius 1 is 1.00 bits per heavy atom. The summed E-state index contributed by atoms with van der Waals surface area (Å²) in [6.07, 6.45) is 1.73. The maximum Gasteiger partial charge on any atom is 0.337 e. The number of ether oxygens (including phenoxy) is 2. The van der Waals surface area contributed by atoms with E-state index in [1.54, 1.807) is 0 Å². The molecule has 200 valence electrons. The second-order valence-electron chi connectivity index (χ2n) is 11.6. The van der Waals surface area contributed by atoms with Gasteiger partial charge >= 0.3 is 5.97 Å². The lowest BCUT2D eigenvalue weighted by molar-refractivity contribution is -0.160. The van der Waals surface area contributed by atoms with Gasteiger partial charge in [0, 0.05) is 35.6 Å². The third-order valence-electron chi connectivity index (χ3n) is 7.46. The topological polar surface area (TPSA) is 71.9 Å². The lowest BCUT2D eigenvalue weighted by Gasteiger charge is -2.30. The van der Waals surface area contributed by atoms with Crippen LogP contribution in [0.1, 0.15) is 66.9 Å². The first kappa shape index (κ1) is 26.4. The molecule has 0 spiro atoms. The predicted molar refractivity (Wildman–Crippen MR) is 150 cm³/mol. The zero-order chi connectivity index (χ0) is 27.2. The molecule has 6 heteroatoms. The molecule has 6 nitrogen and oxygen atoms in total. The van der Waals surface area contributed by atoms with Crippen LogP contribution in [0.15, 0.2) is 36.4 Å². The largest absolute Gasteiger partial charge is 0.493 e. The molecule has 38 heavy (non-hydrogen) atoms. The van der Waals surface area contributed by atoms with Crippen LogP contribution in [0.2, 0.25) is 0 Å². The zero-order valence-corrected chi connectivity index (χ0v) is 23.4. The van der Waals surface area contributed by atoms with Gasteiger partial charge in [-0.2, -0.15) is 0 Å². The van der Waals surface area contributed by atoms with Crippen molar-refractivity contribution >= 4 is 5.97 Å². The van der Waals surface area contributed by atoms with Crippen molar-refractivity contribution in [1.82, 2.24) is 9.88 Å². The van der Waals surface area contributed by atoms with Crippen molar-refractivity contribution in [1.29, 1.82) is 0 Å². The molecule has 0 bridgehead atoms. The van der Waals surface area contributed by atoms with Gasteiger partial charge in [0.05, 0.1) is 12.2 Å². The Bertz CT molecular complexity index is 1390. The number of aromatic nitrogens is 1. The summed E-state index contributed by atoms with van der Waals surface area (Å²) in [5.41, 5.74) is 9.21.